The van der Waals surface area contributed by atoms with Gasteiger partial charge < -0.3 is 19.3 Å². The van der Waals surface area contributed by atoms with Gasteiger partial charge in [-0.25, -0.2) is 4.79 Å². The summed E-state index contributed by atoms with van der Waals surface area (Å²) in [5.41, 5.74) is 0.304. The molecule has 31 heavy (non-hydrogen) atoms. The first-order valence-corrected chi connectivity index (χ1v) is 12.3. The Hall–Kier alpha value is -2.06. The van der Waals surface area contributed by atoms with Gasteiger partial charge in [0.2, 0.25) is 0 Å². The number of carbonyl (C=O) groups is 1. The van der Waals surface area contributed by atoms with Gasteiger partial charge in [0.1, 0.15) is 25.1 Å². The first-order valence-electron chi connectivity index (χ1n) is 10.1. The monoisotopic (exact) mass is 539 g/mol. The van der Waals surface area contributed by atoms with Gasteiger partial charge in [0.05, 0.1) is 6.26 Å². The fraction of sp³-hybridized carbons (Fsp3) is 0.400. The van der Waals surface area contributed by atoms with Crippen LogP contribution in [-0.2, 0) is 19.7 Å². The Morgan fingerprint density at radius 2 is 1.55 bits per heavy atom. The van der Waals surface area contributed by atoms with Crippen LogP contribution in [0.25, 0.3) is 0 Å². The average molecular weight is 539 g/mol. The molecule has 1 unspecified atom stereocenters. The van der Waals surface area contributed by atoms with Crippen LogP contribution < -0.4 is 25.9 Å². The lowest BCUT2D eigenvalue weighted by Crippen LogP contribution is -3.61. The summed E-state index contributed by atoms with van der Waals surface area (Å²) in [4.78, 5) is 12.3. The van der Waals surface area contributed by atoms with Gasteiger partial charge in [0, 0.05) is 0 Å². The molecule has 1 N–H and O–H groups in total. The largest absolute Gasteiger partial charge is 0.499 e. The highest BCUT2D eigenvalue weighted by molar-refractivity contribution is 5.79. The molecule has 0 aliphatic rings. The van der Waals surface area contributed by atoms with Crippen LogP contribution in [0.5, 0.6) is 5.75 Å². The zero-order valence-corrected chi connectivity index (χ0v) is 21.0. The number of halogens is 1. The van der Waals surface area contributed by atoms with Crippen molar-refractivity contribution in [2.24, 2.45) is 0 Å². The van der Waals surface area contributed by atoms with Gasteiger partial charge >= 0.3 is 27.2 Å². The molecule has 0 amide bonds. The molecule has 2 aromatic carbocycles. The van der Waals surface area contributed by atoms with Crippen LogP contribution in [0.3, 0.4) is 0 Å². The molecule has 1 atom stereocenters. The van der Waals surface area contributed by atoms with Crippen LogP contribution in [0.4, 0.5) is 0 Å². The van der Waals surface area contributed by atoms with Crippen LogP contribution in [0.15, 0.2) is 61.4 Å². The molecule has 0 fully saturated rings. The van der Waals surface area contributed by atoms with Crippen molar-refractivity contribution in [1.29, 1.82) is 0 Å². The Balaban J connectivity index is 1.92. The van der Waals surface area contributed by atoms with Crippen molar-refractivity contribution in [3.8, 4) is 5.75 Å². The highest BCUT2D eigenvalue weighted by atomic mass is 127. The van der Waals surface area contributed by atoms with E-state index in [1.54, 1.807) is 13.8 Å². The lowest BCUT2D eigenvalue weighted by atomic mass is 9.87. The van der Waals surface area contributed by atoms with Gasteiger partial charge in [-0.1, -0.05) is 39.5 Å². The summed E-state index contributed by atoms with van der Waals surface area (Å²) in [5, 5.41) is 9.70. The summed E-state index contributed by atoms with van der Waals surface area (Å²) in [5.74, 6) is 0.0360. The summed E-state index contributed by atoms with van der Waals surface area (Å²) in [6, 6.07) is 16.7. The van der Waals surface area contributed by atoms with Crippen molar-refractivity contribution in [3.05, 3.63) is 74.1 Å². The lowest BCUT2D eigenvalue weighted by Gasteiger charge is -2.24. The highest BCUT2D eigenvalue weighted by Gasteiger charge is 2.32. The van der Waals surface area contributed by atoms with E-state index in [1.807, 2.05) is 24.3 Å². The third-order valence-electron chi connectivity index (χ3n) is 4.42. The van der Waals surface area contributed by atoms with E-state index < -0.39 is 17.7 Å². The molecule has 5 nitrogen and oxygen atoms in total. The van der Waals surface area contributed by atoms with Gasteiger partial charge in [0.25, 0.3) is 0 Å². The number of esters is 1. The quantitative estimate of drug-likeness (QED) is 0.281. The number of benzene rings is 2. The van der Waals surface area contributed by atoms with E-state index >= 15 is 0 Å². The van der Waals surface area contributed by atoms with Crippen LogP contribution >= 0.6 is 0 Å². The molecule has 6 heteroatoms. The maximum Gasteiger partial charge on any atom is 0.357 e. The van der Waals surface area contributed by atoms with Crippen LogP contribution in [0.2, 0.25) is 0 Å². The Bertz CT molecular complexity index is 851. The predicted molar refractivity (Wildman–Crippen MR) is 117 cm³/mol. The molecular formula is C25H32IO5+. The van der Waals surface area contributed by atoms with Gasteiger partial charge in [-0.2, -0.15) is 0 Å². The molecule has 2 aromatic rings. The minimum Gasteiger partial charge on any atom is -0.499 e. The zero-order chi connectivity index (χ0) is 23.1. The van der Waals surface area contributed by atoms with Crippen molar-refractivity contribution < 1.29 is 45.3 Å². The smallest absolute Gasteiger partial charge is 0.357 e. The molecular weight excluding hydrogens is 507 g/mol. The van der Waals surface area contributed by atoms with Gasteiger partial charge in [0.15, 0.2) is 12.7 Å². The molecule has 0 saturated heterocycles. The lowest BCUT2D eigenvalue weighted by molar-refractivity contribution is -0.597. The Morgan fingerprint density at radius 3 is 2.06 bits per heavy atom. The maximum absolute atomic E-state index is 12.3. The highest BCUT2D eigenvalue weighted by Crippen LogP contribution is 2.21. The molecule has 0 radical (unpaired) electrons. The third-order valence-corrected chi connectivity index (χ3v) is 7.10. The van der Waals surface area contributed by atoms with Gasteiger partial charge in [-0.05, 0) is 61.2 Å². The number of carbonyl (C=O) groups excluding carboxylic acids is 1. The zero-order valence-electron chi connectivity index (χ0n) is 18.9. The number of rotatable bonds is 10. The third kappa shape index (κ3) is 8.18. The number of ether oxygens (including phenoxy) is 3. The molecule has 0 aliphatic carbocycles. The minimum atomic E-state index is -1.18. The van der Waals surface area contributed by atoms with Gasteiger partial charge in [-0.15, -0.1) is 0 Å². The number of hydrogen-bond donors (Lipinski definition) is 1. The van der Waals surface area contributed by atoms with Crippen molar-refractivity contribution in [3.63, 3.8) is 0 Å². The second kappa shape index (κ2) is 11.0. The fourth-order valence-electron chi connectivity index (χ4n) is 2.61. The molecule has 0 aromatic heterocycles. The Morgan fingerprint density at radius 1 is 1.00 bits per heavy atom. The molecule has 0 bridgehead atoms. The summed E-state index contributed by atoms with van der Waals surface area (Å²) >= 11 is -0.293. The first-order chi connectivity index (χ1) is 14.5. The minimum absolute atomic E-state index is 0.0154. The summed E-state index contributed by atoms with van der Waals surface area (Å²) in [6.07, 6.45) is 0.309. The standard InChI is InChI=1S/C25H32IO5/c1-7-29-16-21(27)17-30-23(28)25(5,6)31-22-14-12-20(13-15-22)26-19-10-8-18(9-11-19)24(2,3)4/h7-15,21,27H,1,16-17H2,2-6H3/q+1. The summed E-state index contributed by atoms with van der Waals surface area (Å²) in [7, 11) is 0. The van der Waals surface area contributed by atoms with Crippen molar-refractivity contribution in [1.82, 2.24) is 0 Å². The van der Waals surface area contributed by atoms with E-state index in [4.69, 9.17) is 14.2 Å². The number of aliphatic hydroxyl groups is 1. The van der Waals surface area contributed by atoms with Crippen LogP contribution in [-0.4, -0.2) is 36.0 Å². The number of hydrogen-bond acceptors (Lipinski definition) is 5. The average Bonchev–Trinajstić information content (AvgIpc) is 2.71. The summed E-state index contributed by atoms with van der Waals surface area (Å²) < 4.78 is 18.5. The predicted octanol–water partition coefficient (Wildman–Crippen LogP) is 1.33. The Kier molecular flexibility index (Phi) is 8.94. The van der Waals surface area contributed by atoms with Crippen molar-refractivity contribution >= 4 is 5.97 Å². The fourth-order valence-corrected chi connectivity index (χ4v) is 4.77. The van der Waals surface area contributed by atoms with Crippen LogP contribution in [0, 0.1) is 7.14 Å². The number of aliphatic hydroxyl groups excluding tert-OH is 1. The molecule has 168 valence electrons. The van der Waals surface area contributed by atoms with E-state index in [9.17, 15) is 9.90 Å². The maximum atomic E-state index is 12.3. The van der Waals surface area contributed by atoms with E-state index in [1.165, 1.54) is 19.0 Å². The molecule has 0 heterocycles. The topological polar surface area (TPSA) is 65.0 Å². The van der Waals surface area contributed by atoms with E-state index in [-0.39, 0.29) is 39.8 Å². The normalized spacial score (nSPS) is 12.7. The molecule has 0 spiro atoms. The van der Waals surface area contributed by atoms with Gasteiger partial charge in [-0.3, -0.25) is 0 Å². The second-order valence-corrected chi connectivity index (χ2v) is 11.7. The second-order valence-electron chi connectivity index (χ2n) is 8.67. The van der Waals surface area contributed by atoms with E-state index in [2.05, 4.69) is 51.6 Å². The Labute approximate surface area is 195 Å². The SMILES string of the molecule is C=COCC(O)COC(=O)C(C)(C)Oc1ccc([I+]c2ccc(C(C)(C)C)cc2)cc1. The van der Waals surface area contributed by atoms with Crippen molar-refractivity contribution in [2.45, 2.75) is 51.7 Å². The first kappa shape index (κ1) is 25.2. The van der Waals surface area contributed by atoms with Crippen LogP contribution in [0.1, 0.15) is 40.2 Å². The summed E-state index contributed by atoms with van der Waals surface area (Å²) in [6.45, 7) is 13.2. The molecule has 0 aliphatic heterocycles. The van der Waals surface area contributed by atoms with E-state index in [0.717, 1.165) is 0 Å². The van der Waals surface area contributed by atoms with E-state index in [0.29, 0.717) is 5.75 Å². The van der Waals surface area contributed by atoms with Crippen molar-refractivity contribution in [2.75, 3.05) is 13.2 Å². The molecule has 0 saturated carbocycles. The molecule has 2 rings (SSSR count).